The van der Waals surface area contributed by atoms with Crippen LogP contribution in [0, 0.1) is 29.1 Å². The topological polar surface area (TPSA) is 92.4 Å². The summed E-state index contributed by atoms with van der Waals surface area (Å²) < 4.78 is 8.04. The van der Waals surface area contributed by atoms with Crippen LogP contribution in [0.3, 0.4) is 0 Å². The number of anilines is 1. The summed E-state index contributed by atoms with van der Waals surface area (Å²) in [4.78, 5) is 41.9. The minimum atomic E-state index is -0.906. The van der Waals surface area contributed by atoms with Crippen molar-refractivity contribution >= 4 is 51.5 Å². The number of fused-ring (bicyclic) bond motifs is 6. The van der Waals surface area contributed by atoms with E-state index in [0.29, 0.717) is 39.9 Å². The minimum absolute atomic E-state index is 0.0193. The number of aromatic nitrogens is 1. The zero-order valence-electron chi connectivity index (χ0n) is 20.2. The van der Waals surface area contributed by atoms with E-state index in [1.54, 1.807) is 12.1 Å². The number of imide groups is 1. The highest BCUT2D eigenvalue weighted by atomic mass is 35.5. The van der Waals surface area contributed by atoms with Gasteiger partial charge in [0.1, 0.15) is 5.02 Å². The predicted molar refractivity (Wildman–Crippen MR) is 139 cm³/mol. The predicted octanol–water partition coefficient (Wildman–Crippen LogP) is 4.94. The highest BCUT2D eigenvalue weighted by molar-refractivity contribution is 6.34. The zero-order valence-corrected chi connectivity index (χ0v) is 21.7. The number of carbonyl (C=O) groups excluding carboxylic acids is 2. The highest BCUT2D eigenvalue weighted by Gasteiger charge is 2.76. The SMILES string of the molecule is C[C@H]1C[C@@]2(CCn3cc(Cl)cc(Cl)c3=O)O[C@]1(C)[C@@H]1C(=O)N(c3ccc(C#N)c4ccccc34)C(=O)[C@@H]12. The maximum atomic E-state index is 14.1. The third-order valence-electron chi connectivity index (χ3n) is 8.59. The second kappa shape index (κ2) is 8.16. The van der Waals surface area contributed by atoms with Gasteiger partial charge in [-0.05, 0) is 43.9 Å². The molecule has 3 fully saturated rings. The second-order valence-corrected chi connectivity index (χ2v) is 11.3. The quantitative estimate of drug-likeness (QED) is 0.441. The van der Waals surface area contributed by atoms with Crippen molar-refractivity contribution in [2.24, 2.45) is 17.8 Å². The van der Waals surface area contributed by atoms with Crippen molar-refractivity contribution in [3.8, 4) is 6.07 Å². The lowest BCUT2D eigenvalue weighted by atomic mass is 9.63. The van der Waals surface area contributed by atoms with Gasteiger partial charge in [0, 0.05) is 23.5 Å². The van der Waals surface area contributed by atoms with Crippen molar-refractivity contribution < 1.29 is 14.3 Å². The number of rotatable bonds is 4. The van der Waals surface area contributed by atoms with Crippen molar-refractivity contribution in [3.05, 3.63) is 74.6 Å². The normalized spacial score (nSPS) is 30.2. The number of ether oxygens (including phenoxy) is 1. The molecule has 2 aromatic carbocycles. The third kappa shape index (κ3) is 3.26. The zero-order chi connectivity index (χ0) is 26.3. The number of hydrogen-bond acceptors (Lipinski definition) is 5. The van der Waals surface area contributed by atoms with Gasteiger partial charge in [0.25, 0.3) is 5.56 Å². The molecule has 3 aliphatic rings. The molecule has 0 radical (unpaired) electrons. The number of halogens is 2. The van der Waals surface area contributed by atoms with Gasteiger partial charge < -0.3 is 9.30 Å². The first-order valence-electron chi connectivity index (χ1n) is 12.2. The monoisotopic (exact) mass is 535 g/mol. The fourth-order valence-corrected chi connectivity index (χ4v) is 7.31. The van der Waals surface area contributed by atoms with E-state index in [0.717, 1.165) is 0 Å². The summed E-state index contributed by atoms with van der Waals surface area (Å²) in [5, 5.41) is 11.3. The van der Waals surface area contributed by atoms with Crippen LogP contribution < -0.4 is 10.5 Å². The van der Waals surface area contributed by atoms with Gasteiger partial charge in [0.15, 0.2) is 0 Å². The number of aryl methyl sites for hydroxylation is 1. The number of pyridine rings is 1. The first-order valence-corrected chi connectivity index (χ1v) is 12.9. The van der Waals surface area contributed by atoms with Crippen molar-refractivity contribution in [2.45, 2.75) is 44.4 Å². The van der Waals surface area contributed by atoms with Gasteiger partial charge in [-0.3, -0.25) is 14.4 Å². The molecule has 5 atom stereocenters. The molecule has 7 nitrogen and oxygen atoms in total. The molecular weight excluding hydrogens is 513 g/mol. The first-order chi connectivity index (χ1) is 17.6. The Hall–Kier alpha value is -3.18. The molecule has 0 unspecified atom stereocenters. The van der Waals surface area contributed by atoms with Gasteiger partial charge in [0.05, 0.1) is 45.4 Å². The second-order valence-electron chi connectivity index (χ2n) is 10.5. The van der Waals surface area contributed by atoms with Crippen molar-refractivity contribution in [3.63, 3.8) is 0 Å². The molecule has 37 heavy (non-hydrogen) atoms. The van der Waals surface area contributed by atoms with Crippen LogP contribution in [0.2, 0.25) is 10.0 Å². The Morgan fingerprint density at radius 3 is 2.51 bits per heavy atom. The maximum absolute atomic E-state index is 14.1. The molecule has 6 rings (SSSR count). The first kappa shape index (κ1) is 24.2. The minimum Gasteiger partial charge on any atom is -0.367 e. The molecule has 1 aromatic heterocycles. The number of nitriles is 1. The molecule has 2 amide bonds. The van der Waals surface area contributed by atoms with E-state index in [1.807, 2.05) is 38.1 Å². The Morgan fingerprint density at radius 1 is 1.08 bits per heavy atom. The Labute approximate surface area is 223 Å². The fourth-order valence-electron chi connectivity index (χ4n) is 6.80. The number of amides is 2. The molecule has 3 aliphatic heterocycles. The molecule has 0 saturated carbocycles. The smallest absolute Gasteiger partial charge is 0.269 e. The van der Waals surface area contributed by atoms with E-state index >= 15 is 0 Å². The van der Waals surface area contributed by atoms with Gasteiger partial charge in [-0.2, -0.15) is 5.26 Å². The van der Waals surface area contributed by atoms with E-state index in [1.165, 1.54) is 21.7 Å². The molecule has 3 saturated heterocycles. The molecule has 0 N–H and O–H groups in total. The third-order valence-corrected chi connectivity index (χ3v) is 9.07. The van der Waals surface area contributed by atoms with Gasteiger partial charge in [-0.25, -0.2) is 4.90 Å². The number of nitrogens with zero attached hydrogens (tertiary/aromatic N) is 3. The van der Waals surface area contributed by atoms with Gasteiger partial charge >= 0.3 is 0 Å². The summed E-state index contributed by atoms with van der Waals surface area (Å²) in [6, 6.07) is 14.2. The summed E-state index contributed by atoms with van der Waals surface area (Å²) in [5.74, 6) is -1.89. The van der Waals surface area contributed by atoms with E-state index < -0.39 is 23.0 Å². The molecular formula is C28H23Cl2N3O4. The number of carbonyl (C=O) groups is 2. The van der Waals surface area contributed by atoms with Crippen molar-refractivity contribution in [1.82, 2.24) is 4.57 Å². The Kier molecular flexibility index (Phi) is 5.33. The van der Waals surface area contributed by atoms with Crippen LogP contribution in [0.4, 0.5) is 5.69 Å². The van der Waals surface area contributed by atoms with E-state index in [9.17, 15) is 19.6 Å². The summed E-state index contributed by atoms with van der Waals surface area (Å²) in [5.41, 5.74) is -1.14. The average molecular weight is 536 g/mol. The highest BCUT2D eigenvalue weighted by Crippen LogP contribution is 2.64. The largest absolute Gasteiger partial charge is 0.367 e. The summed E-state index contributed by atoms with van der Waals surface area (Å²) in [6.07, 6.45) is 2.47. The van der Waals surface area contributed by atoms with Gasteiger partial charge in [-0.15, -0.1) is 0 Å². The lowest BCUT2D eigenvalue weighted by Crippen LogP contribution is -2.46. The van der Waals surface area contributed by atoms with Crippen LogP contribution in [0.25, 0.3) is 10.8 Å². The van der Waals surface area contributed by atoms with Crippen LogP contribution in [0.15, 0.2) is 53.5 Å². The Balaban J connectivity index is 1.42. The van der Waals surface area contributed by atoms with Gasteiger partial charge in [-0.1, -0.05) is 54.4 Å². The van der Waals surface area contributed by atoms with Gasteiger partial charge in [0.2, 0.25) is 11.8 Å². The molecule has 0 aliphatic carbocycles. The van der Waals surface area contributed by atoms with E-state index in [2.05, 4.69) is 6.07 Å². The fraction of sp³-hybridized carbons (Fsp3) is 0.357. The molecule has 4 heterocycles. The lowest BCUT2D eigenvalue weighted by molar-refractivity contribution is -0.131. The number of benzene rings is 2. The Morgan fingerprint density at radius 2 is 1.78 bits per heavy atom. The summed E-state index contributed by atoms with van der Waals surface area (Å²) in [6.45, 7) is 4.20. The Bertz CT molecular complexity index is 1610. The molecule has 3 aromatic rings. The standard InChI is InChI=1S/C28H23Cl2N3O4/c1-15-12-28(9-10-32-14-17(29)11-20(30)24(32)34)23-22(27(15,2)37-28)25(35)33(26(23)36)21-8-7-16(13-31)18-5-3-4-6-19(18)21/h3-8,11,14-15,22-23H,9-10,12H2,1-2H3/t15-,22-,23+,27-,28+/m0/s1. The molecule has 2 bridgehead atoms. The van der Waals surface area contributed by atoms with Crippen LogP contribution in [0.5, 0.6) is 0 Å². The molecule has 9 heteroatoms. The van der Waals surface area contributed by atoms with Crippen molar-refractivity contribution in [2.75, 3.05) is 4.90 Å². The van der Waals surface area contributed by atoms with Crippen molar-refractivity contribution in [1.29, 1.82) is 5.26 Å². The molecule has 0 spiro atoms. The van der Waals surface area contributed by atoms with E-state index in [4.69, 9.17) is 27.9 Å². The average Bonchev–Trinajstić information content (AvgIpc) is 3.41. The molecule has 188 valence electrons. The van der Waals surface area contributed by atoms with Crippen LogP contribution >= 0.6 is 23.2 Å². The van der Waals surface area contributed by atoms with Crippen LogP contribution in [0.1, 0.15) is 32.3 Å². The summed E-state index contributed by atoms with van der Waals surface area (Å²) >= 11 is 12.2. The lowest BCUT2D eigenvalue weighted by Gasteiger charge is -2.34. The summed E-state index contributed by atoms with van der Waals surface area (Å²) in [7, 11) is 0. The number of hydrogen-bond donors (Lipinski definition) is 0. The van der Waals surface area contributed by atoms with Crippen LogP contribution in [-0.2, 0) is 20.9 Å². The van der Waals surface area contributed by atoms with Crippen LogP contribution in [-0.4, -0.2) is 27.6 Å². The maximum Gasteiger partial charge on any atom is 0.269 e. The van der Waals surface area contributed by atoms with E-state index in [-0.39, 0.29) is 34.9 Å².